The molecule has 10 heteroatoms. The van der Waals surface area contributed by atoms with Crippen LogP contribution in [0.2, 0.25) is 0 Å². The maximum atomic E-state index is 12.5. The zero-order valence-electron chi connectivity index (χ0n) is 17.5. The highest BCUT2D eigenvalue weighted by Gasteiger charge is 2.17. The van der Waals surface area contributed by atoms with Crippen LogP contribution in [-0.2, 0) is 24.3 Å². The summed E-state index contributed by atoms with van der Waals surface area (Å²) in [4.78, 5) is 24.1. The minimum atomic E-state index is -3.93. The van der Waals surface area contributed by atoms with Crippen molar-refractivity contribution in [2.24, 2.45) is 0 Å². The molecule has 0 radical (unpaired) electrons. The topological polar surface area (TPSA) is 120 Å². The molecule has 0 atom stereocenters. The van der Waals surface area contributed by atoms with E-state index in [4.69, 9.17) is 14.2 Å². The van der Waals surface area contributed by atoms with Gasteiger partial charge in [0.05, 0.1) is 24.8 Å². The van der Waals surface area contributed by atoms with Crippen LogP contribution in [0, 0.1) is 0 Å². The number of hydrogen-bond donors (Lipinski definition) is 2. The lowest BCUT2D eigenvalue weighted by Gasteiger charge is -2.12. The quantitative estimate of drug-likeness (QED) is 0.472. The molecule has 3 rings (SSSR count). The van der Waals surface area contributed by atoms with Gasteiger partial charge in [0.15, 0.2) is 6.61 Å². The van der Waals surface area contributed by atoms with Gasteiger partial charge in [0, 0.05) is 6.07 Å². The Hall–Kier alpha value is -3.63. The third-order valence-electron chi connectivity index (χ3n) is 4.48. The van der Waals surface area contributed by atoms with Crippen LogP contribution >= 0.6 is 0 Å². The summed E-state index contributed by atoms with van der Waals surface area (Å²) < 4.78 is 42.2. The third-order valence-corrected chi connectivity index (χ3v) is 5.88. The Morgan fingerprint density at radius 2 is 1.66 bits per heavy atom. The first-order valence-corrected chi connectivity index (χ1v) is 11.0. The number of carbonyl (C=O) groups is 2. The largest absolute Gasteiger partial charge is 0.497 e. The smallest absolute Gasteiger partial charge is 0.321 e. The van der Waals surface area contributed by atoms with Gasteiger partial charge in [-0.15, -0.1) is 0 Å². The number of rotatable bonds is 9. The molecule has 0 aliphatic rings. The molecule has 0 aliphatic heterocycles. The lowest BCUT2D eigenvalue weighted by molar-refractivity contribution is -0.146. The predicted octanol–water partition coefficient (Wildman–Crippen LogP) is 2.32. The number of fused-ring (bicyclic) bond motifs is 1. The number of amides is 1. The summed E-state index contributed by atoms with van der Waals surface area (Å²) in [7, 11) is -1.01. The Morgan fingerprint density at radius 1 is 0.906 bits per heavy atom. The van der Waals surface area contributed by atoms with Crippen molar-refractivity contribution < 1.29 is 32.2 Å². The number of benzene rings is 3. The number of sulfonamides is 1. The van der Waals surface area contributed by atoms with E-state index in [0.717, 1.165) is 10.8 Å². The molecule has 0 unspecified atom stereocenters. The second-order valence-corrected chi connectivity index (χ2v) is 8.38. The zero-order valence-corrected chi connectivity index (χ0v) is 18.3. The third kappa shape index (κ3) is 5.74. The molecule has 1 amide bonds. The number of nitrogens with one attached hydrogen (secondary N) is 2. The van der Waals surface area contributed by atoms with Crippen LogP contribution in [0.1, 0.15) is 0 Å². The van der Waals surface area contributed by atoms with E-state index >= 15 is 0 Å². The fraction of sp³-hybridized carbons (Fsp3) is 0.182. The molecule has 9 nitrogen and oxygen atoms in total. The van der Waals surface area contributed by atoms with E-state index in [1.54, 1.807) is 36.4 Å². The highest BCUT2D eigenvalue weighted by atomic mass is 32.2. The molecule has 168 valence electrons. The van der Waals surface area contributed by atoms with Gasteiger partial charge in [-0.2, -0.15) is 4.72 Å². The second-order valence-electron chi connectivity index (χ2n) is 6.61. The summed E-state index contributed by atoms with van der Waals surface area (Å²) in [6, 6.07) is 16.8. The van der Waals surface area contributed by atoms with Crippen molar-refractivity contribution in [2.45, 2.75) is 4.90 Å². The highest BCUT2D eigenvalue weighted by molar-refractivity contribution is 7.89. The molecule has 0 aromatic heterocycles. The van der Waals surface area contributed by atoms with Gasteiger partial charge < -0.3 is 19.5 Å². The molecular formula is C22H22N2O7S. The summed E-state index contributed by atoms with van der Waals surface area (Å²) in [6.45, 7) is -1.22. The van der Waals surface area contributed by atoms with Crippen LogP contribution in [0.25, 0.3) is 10.8 Å². The minimum absolute atomic E-state index is 0.0202. The van der Waals surface area contributed by atoms with E-state index in [-0.39, 0.29) is 4.90 Å². The van der Waals surface area contributed by atoms with Gasteiger partial charge in [0.25, 0.3) is 5.91 Å². The zero-order chi connectivity index (χ0) is 23.1. The van der Waals surface area contributed by atoms with Crippen molar-refractivity contribution in [2.75, 3.05) is 32.7 Å². The van der Waals surface area contributed by atoms with Crippen LogP contribution in [0.5, 0.6) is 11.5 Å². The van der Waals surface area contributed by atoms with E-state index in [0.29, 0.717) is 17.2 Å². The summed E-state index contributed by atoms with van der Waals surface area (Å²) in [6.07, 6.45) is 0. The van der Waals surface area contributed by atoms with Crippen LogP contribution in [0.15, 0.2) is 65.6 Å². The predicted molar refractivity (Wildman–Crippen MR) is 118 cm³/mol. The maximum Gasteiger partial charge on any atom is 0.321 e. The van der Waals surface area contributed by atoms with Crippen molar-refractivity contribution >= 4 is 38.4 Å². The molecule has 0 spiro atoms. The number of methoxy groups -OCH3 is 2. The van der Waals surface area contributed by atoms with E-state index < -0.39 is 35.1 Å². The van der Waals surface area contributed by atoms with E-state index in [1.165, 1.54) is 26.4 Å². The van der Waals surface area contributed by atoms with Gasteiger partial charge in [-0.25, -0.2) is 8.42 Å². The van der Waals surface area contributed by atoms with Crippen LogP contribution in [0.3, 0.4) is 0 Å². The summed E-state index contributed by atoms with van der Waals surface area (Å²) in [5.41, 5.74) is 0.338. The van der Waals surface area contributed by atoms with E-state index in [1.807, 2.05) is 12.1 Å². The lowest BCUT2D eigenvalue weighted by Crippen LogP contribution is -2.32. The number of anilines is 1. The van der Waals surface area contributed by atoms with Gasteiger partial charge in [-0.05, 0) is 35.0 Å². The molecule has 0 saturated heterocycles. The van der Waals surface area contributed by atoms with Crippen molar-refractivity contribution in [3.05, 3.63) is 60.7 Å². The van der Waals surface area contributed by atoms with Gasteiger partial charge in [-0.1, -0.05) is 30.3 Å². The average Bonchev–Trinajstić information content (AvgIpc) is 2.81. The monoisotopic (exact) mass is 458 g/mol. The SMILES string of the molecule is COc1ccc(OC)c(NC(=O)COC(=O)CNS(=O)(=O)c2ccc3ccccc3c2)c1. The first kappa shape index (κ1) is 23.0. The molecule has 0 saturated carbocycles. The number of ether oxygens (including phenoxy) is 3. The number of esters is 1. The average molecular weight is 458 g/mol. The lowest BCUT2D eigenvalue weighted by atomic mass is 10.1. The molecule has 0 aliphatic carbocycles. The van der Waals surface area contributed by atoms with Gasteiger partial charge in [-0.3, -0.25) is 9.59 Å². The van der Waals surface area contributed by atoms with E-state index in [9.17, 15) is 18.0 Å². The first-order chi connectivity index (χ1) is 15.3. The van der Waals surface area contributed by atoms with Crippen molar-refractivity contribution in [3.63, 3.8) is 0 Å². The van der Waals surface area contributed by atoms with Crippen LogP contribution < -0.4 is 19.5 Å². The van der Waals surface area contributed by atoms with Gasteiger partial charge >= 0.3 is 5.97 Å². The maximum absolute atomic E-state index is 12.5. The fourth-order valence-electron chi connectivity index (χ4n) is 2.87. The molecule has 0 heterocycles. The van der Waals surface area contributed by atoms with Crippen LogP contribution in [-0.4, -0.2) is 47.7 Å². The summed E-state index contributed by atoms with van der Waals surface area (Å²) in [5.74, 6) is -0.626. The standard InChI is InChI=1S/C22H22N2O7S/c1-29-17-8-10-20(30-2)19(12-17)24-21(25)14-31-22(26)13-23-32(27,28)18-9-7-15-5-3-4-6-16(15)11-18/h3-12,23H,13-14H2,1-2H3,(H,24,25). The fourth-order valence-corrected chi connectivity index (χ4v) is 3.87. The van der Waals surface area contributed by atoms with Crippen molar-refractivity contribution in [3.8, 4) is 11.5 Å². The van der Waals surface area contributed by atoms with Crippen molar-refractivity contribution in [1.82, 2.24) is 4.72 Å². The number of carbonyl (C=O) groups excluding carboxylic acids is 2. The molecule has 32 heavy (non-hydrogen) atoms. The van der Waals surface area contributed by atoms with E-state index in [2.05, 4.69) is 10.0 Å². The summed E-state index contributed by atoms with van der Waals surface area (Å²) in [5, 5.41) is 4.19. The first-order valence-electron chi connectivity index (χ1n) is 9.48. The Bertz CT molecular complexity index is 1240. The Balaban J connectivity index is 1.53. The highest BCUT2D eigenvalue weighted by Crippen LogP contribution is 2.28. The van der Waals surface area contributed by atoms with Crippen molar-refractivity contribution in [1.29, 1.82) is 0 Å². The molecule has 2 N–H and O–H groups in total. The molecule has 3 aromatic rings. The normalized spacial score (nSPS) is 11.1. The van der Waals surface area contributed by atoms with Gasteiger partial charge in [0.1, 0.15) is 18.0 Å². The Morgan fingerprint density at radius 3 is 2.38 bits per heavy atom. The Kier molecular flexibility index (Phi) is 7.29. The van der Waals surface area contributed by atoms with Gasteiger partial charge in [0.2, 0.25) is 10.0 Å². The Labute approximate surface area is 185 Å². The minimum Gasteiger partial charge on any atom is -0.497 e. The second kappa shape index (κ2) is 10.1. The van der Waals surface area contributed by atoms with Crippen LogP contribution in [0.4, 0.5) is 5.69 Å². The molecule has 0 fully saturated rings. The molecule has 3 aromatic carbocycles. The number of hydrogen-bond acceptors (Lipinski definition) is 7. The molecule has 0 bridgehead atoms. The molecular weight excluding hydrogens is 436 g/mol. The summed E-state index contributed by atoms with van der Waals surface area (Å²) >= 11 is 0.